The number of rotatable bonds is 3. The Morgan fingerprint density at radius 2 is 2.06 bits per heavy atom. The van der Waals surface area contributed by atoms with Crippen molar-refractivity contribution >= 4 is 5.84 Å². The maximum Gasteiger partial charge on any atom is 0.142 e. The molecule has 5 heteroatoms. The predicted molar refractivity (Wildman–Crippen MR) is 67.8 cm³/mol. The molecule has 1 fully saturated rings. The highest BCUT2D eigenvalue weighted by atomic mass is 19.1. The fraction of sp³-hybridized carbons (Fsp3) is 0.462. The van der Waals surface area contributed by atoms with E-state index >= 15 is 0 Å². The van der Waals surface area contributed by atoms with Gasteiger partial charge in [-0.25, -0.2) is 4.39 Å². The molecule has 4 nitrogen and oxygen atoms in total. The van der Waals surface area contributed by atoms with Crippen molar-refractivity contribution < 1.29 is 9.60 Å². The second-order valence-corrected chi connectivity index (χ2v) is 4.67. The van der Waals surface area contributed by atoms with E-state index in [4.69, 9.17) is 10.9 Å². The lowest BCUT2D eigenvalue weighted by atomic mass is 9.95. The van der Waals surface area contributed by atoms with E-state index in [1.807, 2.05) is 12.1 Å². The van der Waals surface area contributed by atoms with Gasteiger partial charge in [0.05, 0.1) is 0 Å². The number of hydrogen-bond donors (Lipinski definition) is 2. The molecule has 0 spiro atoms. The zero-order chi connectivity index (χ0) is 13.0. The molecular weight excluding hydrogens is 233 g/mol. The summed E-state index contributed by atoms with van der Waals surface area (Å²) in [5.74, 6) is 0.295. The normalized spacial score (nSPS) is 19.1. The molecule has 1 saturated heterocycles. The molecule has 0 aliphatic carbocycles. The molecule has 3 N–H and O–H groups in total. The molecule has 1 heterocycles. The standard InChI is InChI=1S/C13H18FN3O/c14-12-4-2-1-3-11(12)9-17-7-5-10(6-8-17)13(15)16-18/h1-4,10,18H,5-9H2,(H2,15,16). The van der Waals surface area contributed by atoms with E-state index in [9.17, 15) is 4.39 Å². The molecular formula is C13H18FN3O. The highest BCUT2D eigenvalue weighted by Gasteiger charge is 2.22. The summed E-state index contributed by atoms with van der Waals surface area (Å²) in [4.78, 5) is 2.19. The van der Waals surface area contributed by atoms with E-state index in [0.29, 0.717) is 12.4 Å². The molecule has 1 aliphatic rings. The Balaban J connectivity index is 1.89. The fourth-order valence-corrected chi connectivity index (χ4v) is 2.34. The number of nitrogens with zero attached hydrogens (tertiary/aromatic N) is 2. The summed E-state index contributed by atoms with van der Waals surface area (Å²) >= 11 is 0. The highest BCUT2D eigenvalue weighted by molar-refractivity contribution is 5.82. The molecule has 0 radical (unpaired) electrons. The Bertz CT molecular complexity index is 428. The van der Waals surface area contributed by atoms with Crippen LogP contribution in [-0.4, -0.2) is 29.0 Å². The average molecular weight is 251 g/mol. The molecule has 2 rings (SSSR count). The number of benzene rings is 1. The molecule has 1 aromatic rings. The monoisotopic (exact) mass is 251 g/mol. The molecule has 98 valence electrons. The fourth-order valence-electron chi connectivity index (χ4n) is 2.34. The van der Waals surface area contributed by atoms with Crippen LogP contribution < -0.4 is 5.73 Å². The predicted octanol–water partition coefficient (Wildman–Crippen LogP) is 1.78. The number of oxime groups is 1. The summed E-state index contributed by atoms with van der Waals surface area (Å²) in [5.41, 5.74) is 6.31. The molecule has 1 aromatic carbocycles. The van der Waals surface area contributed by atoms with Gasteiger partial charge in [-0.1, -0.05) is 23.4 Å². The van der Waals surface area contributed by atoms with Gasteiger partial charge in [-0.05, 0) is 32.0 Å². The van der Waals surface area contributed by atoms with Gasteiger partial charge in [-0.2, -0.15) is 0 Å². The van der Waals surface area contributed by atoms with Gasteiger partial charge in [0, 0.05) is 18.0 Å². The average Bonchev–Trinajstić information content (AvgIpc) is 2.41. The number of piperidine rings is 1. The van der Waals surface area contributed by atoms with E-state index in [1.165, 1.54) is 6.07 Å². The first kappa shape index (κ1) is 12.8. The Hall–Kier alpha value is -1.62. The summed E-state index contributed by atoms with van der Waals surface area (Å²) in [5, 5.41) is 11.7. The van der Waals surface area contributed by atoms with Crippen molar-refractivity contribution in [3.05, 3.63) is 35.6 Å². The van der Waals surface area contributed by atoms with Crippen molar-refractivity contribution in [1.29, 1.82) is 0 Å². The maximum atomic E-state index is 13.5. The molecule has 0 bridgehead atoms. The quantitative estimate of drug-likeness (QED) is 0.372. The Morgan fingerprint density at radius 1 is 1.39 bits per heavy atom. The minimum absolute atomic E-state index is 0.145. The summed E-state index contributed by atoms with van der Waals surface area (Å²) in [6.45, 7) is 2.31. The van der Waals surface area contributed by atoms with Crippen LogP contribution in [0.15, 0.2) is 29.4 Å². The molecule has 0 unspecified atom stereocenters. The van der Waals surface area contributed by atoms with Crippen molar-refractivity contribution in [1.82, 2.24) is 4.90 Å². The molecule has 18 heavy (non-hydrogen) atoms. The minimum Gasteiger partial charge on any atom is -0.409 e. The highest BCUT2D eigenvalue weighted by Crippen LogP contribution is 2.19. The van der Waals surface area contributed by atoms with Gasteiger partial charge in [-0.3, -0.25) is 4.90 Å². The van der Waals surface area contributed by atoms with Gasteiger partial charge in [0.1, 0.15) is 11.7 Å². The Labute approximate surface area is 106 Å². The van der Waals surface area contributed by atoms with E-state index in [1.54, 1.807) is 6.07 Å². The molecule has 0 aromatic heterocycles. The number of halogens is 1. The number of nitrogens with two attached hydrogens (primary N) is 1. The summed E-state index contributed by atoms with van der Waals surface area (Å²) < 4.78 is 13.5. The van der Waals surface area contributed by atoms with Crippen molar-refractivity contribution in [3.8, 4) is 0 Å². The lowest BCUT2D eigenvalue weighted by molar-refractivity contribution is 0.196. The number of amidine groups is 1. The van der Waals surface area contributed by atoms with Crippen LogP contribution >= 0.6 is 0 Å². The molecule has 0 atom stereocenters. The third-order valence-corrected chi connectivity index (χ3v) is 3.47. The van der Waals surface area contributed by atoms with Crippen LogP contribution in [0, 0.1) is 11.7 Å². The first-order chi connectivity index (χ1) is 8.70. The van der Waals surface area contributed by atoms with Crippen molar-refractivity contribution in [2.75, 3.05) is 13.1 Å². The van der Waals surface area contributed by atoms with E-state index in [-0.39, 0.29) is 11.7 Å². The Morgan fingerprint density at radius 3 is 2.67 bits per heavy atom. The van der Waals surface area contributed by atoms with Gasteiger partial charge in [0.2, 0.25) is 0 Å². The van der Waals surface area contributed by atoms with Gasteiger partial charge in [0.25, 0.3) is 0 Å². The van der Waals surface area contributed by atoms with Gasteiger partial charge in [-0.15, -0.1) is 0 Å². The zero-order valence-electron chi connectivity index (χ0n) is 10.2. The van der Waals surface area contributed by atoms with Crippen LogP contribution in [-0.2, 0) is 6.54 Å². The number of likely N-dealkylation sites (tertiary alicyclic amines) is 1. The summed E-state index contributed by atoms with van der Waals surface area (Å²) in [6.07, 6.45) is 1.70. The summed E-state index contributed by atoms with van der Waals surface area (Å²) in [6, 6.07) is 6.84. The minimum atomic E-state index is -0.156. The maximum absolute atomic E-state index is 13.5. The molecule has 0 saturated carbocycles. The van der Waals surface area contributed by atoms with Gasteiger partial charge >= 0.3 is 0 Å². The lowest BCUT2D eigenvalue weighted by Gasteiger charge is -2.31. The molecule has 0 amide bonds. The molecule has 1 aliphatic heterocycles. The topological polar surface area (TPSA) is 61.9 Å². The van der Waals surface area contributed by atoms with Crippen molar-refractivity contribution in [2.45, 2.75) is 19.4 Å². The third-order valence-electron chi connectivity index (χ3n) is 3.47. The van der Waals surface area contributed by atoms with E-state index in [0.717, 1.165) is 31.5 Å². The summed E-state index contributed by atoms with van der Waals surface area (Å²) in [7, 11) is 0. The van der Waals surface area contributed by atoms with Crippen LogP contribution in [0.5, 0.6) is 0 Å². The SMILES string of the molecule is NC(=NO)C1CCN(Cc2ccccc2F)CC1. The smallest absolute Gasteiger partial charge is 0.142 e. The van der Waals surface area contributed by atoms with Gasteiger partial charge in [0.15, 0.2) is 0 Å². The first-order valence-electron chi connectivity index (χ1n) is 6.14. The van der Waals surface area contributed by atoms with Crippen LogP contribution in [0.4, 0.5) is 4.39 Å². The van der Waals surface area contributed by atoms with Crippen LogP contribution in [0.2, 0.25) is 0 Å². The largest absolute Gasteiger partial charge is 0.409 e. The zero-order valence-corrected chi connectivity index (χ0v) is 10.2. The van der Waals surface area contributed by atoms with Crippen molar-refractivity contribution in [3.63, 3.8) is 0 Å². The van der Waals surface area contributed by atoms with Crippen LogP contribution in [0.25, 0.3) is 0 Å². The number of hydrogen-bond acceptors (Lipinski definition) is 3. The van der Waals surface area contributed by atoms with Gasteiger partial charge < -0.3 is 10.9 Å². The van der Waals surface area contributed by atoms with Crippen molar-refractivity contribution in [2.24, 2.45) is 16.8 Å². The van der Waals surface area contributed by atoms with E-state index < -0.39 is 0 Å². The van der Waals surface area contributed by atoms with Crippen LogP contribution in [0.1, 0.15) is 18.4 Å². The second kappa shape index (κ2) is 5.82. The lowest BCUT2D eigenvalue weighted by Crippen LogP contribution is -2.38. The third kappa shape index (κ3) is 2.98. The first-order valence-corrected chi connectivity index (χ1v) is 6.14. The van der Waals surface area contributed by atoms with Crippen LogP contribution in [0.3, 0.4) is 0 Å². The second-order valence-electron chi connectivity index (χ2n) is 4.67. The Kier molecular flexibility index (Phi) is 4.15. The van der Waals surface area contributed by atoms with E-state index in [2.05, 4.69) is 10.1 Å².